The van der Waals surface area contributed by atoms with E-state index in [1.165, 1.54) is 36.7 Å². The van der Waals surface area contributed by atoms with Gasteiger partial charge in [-0.05, 0) is 55.7 Å². The third-order valence-electron chi connectivity index (χ3n) is 5.14. The highest BCUT2D eigenvalue weighted by molar-refractivity contribution is 6.00. The first kappa shape index (κ1) is 23.1. The van der Waals surface area contributed by atoms with Crippen LogP contribution >= 0.6 is 0 Å². The molecule has 2 aromatic carbocycles. The number of hydrogen-bond donors (Lipinski definition) is 3. The molecular formula is C24H23F2N5O3. The SMILES string of the molecule is Cc1cc(Oc2cc(NC(=O)C3CC3)ncn2)ccc1NC(=O)Nc1cccc(C(C)(F)F)c1. The van der Waals surface area contributed by atoms with Crippen molar-refractivity contribution >= 4 is 29.1 Å². The van der Waals surface area contributed by atoms with Crippen LogP contribution in [0.5, 0.6) is 11.6 Å². The first-order valence-corrected chi connectivity index (χ1v) is 10.6. The quantitative estimate of drug-likeness (QED) is 0.415. The minimum atomic E-state index is -3.01. The first-order chi connectivity index (χ1) is 16.2. The van der Waals surface area contributed by atoms with Crippen LogP contribution in [0.3, 0.4) is 0 Å². The number of carbonyl (C=O) groups is 2. The van der Waals surface area contributed by atoms with Crippen molar-refractivity contribution in [1.29, 1.82) is 0 Å². The Labute approximate surface area is 194 Å². The summed E-state index contributed by atoms with van der Waals surface area (Å²) in [5.41, 5.74) is 1.28. The summed E-state index contributed by atoms with van der Waals surface area (Å²) in [5.74, 6) is -1.93. The standard InChI is InChI=1S/C24H23F2N5O3/c1-14-10-18(34-21-12-20(27-13-28-21)31-22(32)15-6-7-15)8-9-19(14)30-23(33)29-17-5-3-4-16(11-17)24(2,25)26/h3-5,8-13,15H,6-7H2,1-2H3,(H2,29,30,33)(H,27,28,31,32). The average molecular weight is 467 g/mol. The number of nitrogens with zero attached hydrogens (tertiary/aromatic N) is 2. The fraction of sp³-hybridized carbons (Fsp3) is 0.250. The van der Waals surface area contributed by atoms with Crippen molar-refractivity contribution in [3.8, 4) is 11.6 Å². The van der Waals surface area contributed by atoms with Crippen molar-refractivity contribution in [3.05, 3.63) is 66.0 Å². The highest BCUT2D eigenvalue weighted by atomic mass is 19.3. The Hall–Kier alpha value is -4.08. The molecule has 1 fully saturated rings. The van der Waals surface area contributed by atoms with Gasteiger partial charge >= 0.3 is 6.03 Å². The van der Waals surface area contributed by atoms with E-state index in [-0.39, 0.29) is 29.0 Å². The molecule has 3 aromatic rings. The topological polar surface area (TPSA) is 105 Å². The van der Waals surface area contributed by atoms with Crippen LogP contribution in [0, 0.1) is 12.8 Å². The Kier molecular flexibility index (Phi) is 6.40. The number of amides is 3. The van der Waals surface area contributed by atoms with Gasteiger partial charge in [0.1, 0.15) is 17.9 Å². The van der Waals surface area contributed by atoms with Crippen molar-refractivity contribution in [1.82, 2.24) is 9.97 Å². The lowest BCUT2D eigenvalue weighted by Gasteiger charge is -2.14. The molecule has 10 heteroatoms. The zero-order chi connectivity index (χ0) is 24.3. The van der Waals surface area contributed by atoms with Gasteiger partial charge in [-0.25, -0.2) is 23.5 Å². The molecule has 1 aliphatic carbocycles. The minimum absolute atomic E-state index is 0.0516. The maximum atomic E-state index is 13.5. The molecule has 0 bridgehead atoms. The monoisotopic (exact) mass is 467 g/mol. The second kappa shape index (κ2) is 9.42. The van der Waals surface area contributed by atoms with E-state index in [0.29, 0.717) is 22.8 Å². The normalized spacial score (nSPS) is 13.2. The van der Waals surface area contributed by atoms with Crippen LogP contribution in [-0.2, 0) is 10.7 Å². The molecule has 0 unspecified atom stereocenters. The number of nitrogens with one attached hydrogen (secondary N) is 3. The first-order valence-electron chi connectivity index (χ1n) is 10.6. The Morgan fingerprint density at radius 1 is 1.03 bits per heavy atom. The van der Waals surface area contributed by atoms with Crippen LogP contribution in [0.15, 0.2) is 54.9 Å². The number of benzene rings is 2. The van der Waals surface area contributed by atoms with Crippen molar-refractivity contribution in [2.75, 3.05) is 16.0 Å². The van der Waals surface area contributed by atoms with E-state index < -0.39 is 12.0 Å². The molecule has 1 aliphatic rings. The fourth-order valence-corrected chi connectivity index (χ4v) is 3.15. The number of ether oxygens (including phenoxy) is 1. The zero-order valence-corrected chi connectivity index (χ0v) is 18.6. The number of rotatable bonds is 7. The summed E-state index contributed by atoms with van der Waals surface area (Å²) >= 11 is 0. The van der Waals surface area contributed by atoms with Crippen LogP contribution < -0.4 is 20.7 Å². The number of alkyl halides is 2. The Bertz CT molecular complexity index is 1230. The van der Waals surface area contributed by atoms with Crippen LogP contribution in [0.1, 0.15) is 30.9 Å². The Morgan fingerprint density at radius 3 is 2.53 bits per heavy atom. The summed E-state index contributed by atoms with van der Waals surface area (Å²) in [4.78, 5) is 32.3. The van der Waals surface area contributed by atoms with E-state index in [1.54, 1.807) is 25.1 Å². The average Bonchev–Trinajstić information content (AvgIpc) is 3.61. The largest absolute Gasteiger partial charge is 0.439 e. The zero-order valence-electron chi connectivity index (χ0n) is 18.6. The summed E-state index contributed by atoms with van der Waals surface area (Å²) in [6.07, 6.45) is 3.08. The van der Waals surface area contributed by atoms with Crippen LogP contribution in [-0.4, -0.2) is 21.9 Å². The summed E-state index contributed by atoms with van der Waals surface area (Å²) in [5, 5.41) is 7.98. The molecule has 0 spiro atoms. The van der Waals surface area contributed by atoms with E-state index in [0.717, 1.165) is 19.8 Å². The number of halogens is 2. The molecular weight excluding hydrogens is 444 g/mol. The molecule has 8 nitrogen and oxygen atoms in total. The molecule has 4 rings (SSSR count). The molecule has 1 heterocycles. The predicted octanol–water partition coefficient (Wildman–Crippen LogP) is 5.68. The highest BCUT2D eigenvalue weighted by Gasteiger charge is 2.30. The molecule has 176 valence electrons. The second-order valence-electron chi connectivity index (χ2n) is 8.13. The summed E-state index contributed by atoms with van der Waals surface area (Å²) in [6, 6.07) is 11.5. The van der Waals surface area contributed by atoms with Gasteiger partial charge in [-0.3, -0.25) is 4.79 Å². The summed E-state index contributed by atoms with van der Waals surface area (Å²) in [6.45, 7) is 2.58. The van der Waals surface area contributed by atoms with Crippen LogP contribution in [0.25, 0.3) is 0 Å². The van der Waals surface area contributed by atoms with Gasteiger partial charge in [-0.2, -0.15) is 0 Å². The lowest BCUT2D eigenvalue weighted by atomic mass is 10.1. The van der Waals surface area contributed by atoms with Gasteiger partial charge in [0.25, 0.3) is 5.92 Å². The second-order valence-corrected chi connectivity index (χ2v) is 8.13. The fourth-order valence-electron chi connectivity index (χ4n) is 3.15. The Balaban J connectivity index is 1.38. The maximum absolute atomic E-state index is 13.5. The third kappa shape index (κ3) is 6.03. The molecule has 0 atom stereocenters. The summed E-state index contributed by atoms with van der Waals surface area (Å²) in [7, 11) is 0. The molecule has 0 radical (unpaired) electrons. The van der Waals surface area contributed by atoms with Gasteiger partial charge in [0.2, 0.25) is 11.8 Å². The van der Waals surface area contributed by atoms with Gasteiger partial charge in [0, 0.05) is 35.8 Å². The molecule has 1 aromatic heterocycles. The predicted molar refractivity (Wildman–Crippen MR) is 123 cm³/mol. The lowest BCUT2D eigenvalue weighted by molar-refractivity contribution is -0.117. The number of carbonyl (C=O) groups excluding carboxylic acids is 2. The molecule has 3 N–H and O–H groups in total. The molecule has 3 amide bonds. The van der Waals surface area contributed by atoms with Crippen LogP contribution in [0.4, 0.5) is 30.8 Å². The molecule has 0 aliphatic heterocycles. The van der Waals surface area contributed by atoms with Crippen molar-refractivity contribution < 1.29 is 23.1 Å². The van der Waals surface area contributed by atoms with Gasteiger partial charge in [0.05, 0.1) is 0 Å². The smallest absolute Gasteiger partial charge is 0.323 e. The number of aromatic nitrogens is 2. The number of anilines is 3. The number of urea groups is 1. The van der Waals surface area contributed by atoms with E-state index in [9.17, 15) is 18.4 Å². The molecule has 0 saturated heterocycles. The van der Waals surface area contributed by atoms with Crippen molar-refractivity contribution in [3.63, 3.8) is 0 Å². The van der Waals surface area contributed by atoms with Gasteiger partial charge < -0.3 is 20.7 Å². The third-order valence-corrected chi connectivity index (χ3v) is 5.14. The van der Waals surface area contributed by atoms with Gasteiger partial charge in [-0.1, -0.05) is 12.1 Å². The van der Waals surface area contributed by atoms with E-state index in [4.69, 9.17) is 4.74 Å². The minimum Gasteiger partial charge on any atom is -0.439 e. The number of aryl methyl sites for hydroxylation is 1. The number of hydrogen-bond acceptors (Lipinski definition) is 5. The lowest BCUT2D eigenvalue weighted by Crippen LogP contribution is -2.20. The van der Waals surface area contributed by atoms with Crippen molar-refractivity contribution in [2.24, 2.45) is 5.92 Å². The Morgan fingerprint density at radius 2 is 1.82 bits per heavy atom. The molecule has 1 saturated carbocycles. The van der Waals surface area contributed by atoms with E-state index >= 15 is 0 Å². The van der Waals surface area contributed by atoms with Gasteiger partial charge in [0.15, 0.2) is 0 Å². The maximum Gasteiger partial charge on any atom is 0.323 e. The van der Waals surface area contributed by atoms with E-state index in [2.05, 4.69) is 25.9 Å². The van der Waals surface area contributed by atoms with Crippen LogP contribution in [0.2, 0.25) is 0 Å². The van der Waals surface area contributed by atoms with E-state index in [1.807, 2.05) is 0 Å². The van der Waals surface area contributed by atoms with Crippen molar-refractivity contribution in [2.45, 2.75) is 32.6 Å². The summed E-state index contributed by atoms with van der Waals surface area (Å²) < 4.78 is 32.8. The van der Waals surface area contributed by atoms with Gasteiger partial charge in [-0.15, -0.1) is 0 Å². The molecule has 34 heavy (non-hydrogen) atoms. The highest BCUT2D eigenvalue weighted by Crippen LogP contribution is 2.31.